The first-order valence-corrected chi connectivity index (χ1v) is 5.65. The SMILES string of the molecule is COCC(C)N(CCO)C1CCCC1. The van der Waals surface area contributed by atoms with Crippen LogP contribution in [0.3, 0.4) is 0 Å². The standard InChI is InChI=1S/C11H23NO2/c1-10(9-14-2)12(7-8-13)11-5-3-4-6-11/h10-11,13H,3-9H2,1-2H3. The molecule has 0 aromatic carbocycles. The molecule has 1 aliphatic rings. The van der Waals surface area contributed by atoms with Crippen molar-refractivity contribution in [3.05, 3.63) is 0 Å². The summed E-state index contributed by atoms with van der Waals surface area (Å²) in [5.74, 6) is 0. The molecular weight excluding hydrogens is 178 g/mol. The maximum atomic E-state index is 9.03. The van der Waals surface area contributed by atoms with E-state index in [2.05, 4.69) is 11.8 Å². The number of hydrogen-bond acceptors (Lipinski definition) is 3. The van der Waals surface area contributed by atoms with Gasteiger partial charge in [-0.2, -0.15) is 0 Å². The van der Waals surface area contributed by atoms with Crippen molar-refractivity contribution in [2.75, 3.05) is 26.9 Å². The Hall–Kier alpha value is -0.120. The van der Waals surface area contributed by atoms with Crippen molar-refractivity contribution >= 4 is 0 Å². The number of rotatable bonds is 6. The quantitative estimate of drug-likeness (QED) is 0.702. The molecule has 0 aromatic rings. The molecule has 0 amide bonds. The predicted octanol–water partition coefficient (Wildman–Crippen LogP) is 1.26. The van der Waals surface area contributed by atoms with Crippen LogP contribution in [0.5, 0.6) is 0 Å². The number of methoxy groups -OCH3 is 1. The third-order valence-corrected chi connectivity index (χ3v) is 3.13. The van der Waals surface area contributed by atoms with Crippen LogP contribution in [-0.2, 0) is 4.74 Å². The molecule has 0 bridgehead atoms. The molecule has 84 valence electrons. The monoisotopic (exact) mass is 201 g/mol. The number of hydrogen-bond donors (Lipinski definition) is 1. The Morgan fingerprint density at radius 1 is 1.43 bits per heavy atom. The van der Waals surface area contributed by atoms with E-state index in [1.165, 1.54) is 25.7 Å². The zero-order valence-corrected chi connectivity index (χ0v) is 9.41. The topological polar surface area (TPSA) is 32.7 Å². The van der Waals surface area contributed by atoms with Gasteiger partial charge in [-0.15, -0.1) is 0 Å². The van der Waals surface area contributed by atoms with Crippen molar-refractivity contribution in [2.24, 2.45) is 0 Å². The van der Waals surface area contributed by atoms with E-state index in [0.717, 1.165) is 13.2 Å². The van der Waals surface area contributed by atoms with Gasteiger partial charge in [-0.3, -0.25) is 4.90 Å². The van der Waals surface area contributed by atoms with E-state index < -0.39 is 0 Å². The smallest absolute Gasteiger partial charge is 0.0615 e. The van der Waals surface area contributed by atoms with Gasteiger partial charge in [-0.1, -0.05) is 12.8 Å². The number of aliphatic hydroxyl groups is 1. The van der Waals surface area contributed by atoms with Crippen molar-refractivity contribution in [1.29, 1.82) is 0 Å². The number of nitrogens with zero attached hydrogens (tertiary/aromatic N) is 1. The minimum absolute atomic E-state index is 0.255. The lowest BCUT2D eigenvalue weighted by molar-refractivity contribution is 0.0570. The maximum absolute atomic E-state index is 9.03. The summed E-state index contributed by atoms with van der Waals surface area (Å²) in [5, 5.41) is 9.03. The zero-order valence-electron chi connectivity index (χ0n) is 9.41. The van der Waals surface area contributed by atoms with E-state index in [0.29, 0.717) is 12.1 Å². The first kappa shape index (κ1) is 12.0. The van der Waals surface area contributed by atoms with Gasteiger partial charge < -0.3 is 9.84 Å². The van der Waals surface area contributed by atoms with Gasteiger partial charge in [0.2, 0.25) is 0 Å². The molecule has 1 atom stereocenters. The van der Waals surface area contributed by atoms with E-state index in [1.54, 1.807) is 7.11 Å². The largest absolute Gasteiger partial charge is 0.395 e. The van der Waals surface area contributed by atoms with Gasteiger partial charge >= 0.3 is 0 Å². The van der Waals surface area contributed by atoms with Crippen LogP contribution in [-0.4, -0.2) is 49.0 Å². The second-order valence-corrected chi connectivity index (χ2v) is 4.20. The number of ether oxygens (including phenoxy) is 1. The summed E-state index contributed by atoms with van der Waals surface area (Å²) in [4.78, 5) is 2.40. The summed E-state index contributed by atoms with van der Waals surface area (Å²) >= 11 is 0. The molecule has 1 rings (SSSR count). The first-order valence-electron chi connectivity index (χ1n) is 5.65. The number of aliphatic hydroxyl groups excluding tert-OH is 1. The average Bonchev–Trinajstić information content (AvgIpc) is 2.67. The van der Waals surface area contributed by atoms with E-state index in [9.17, 15) is 0 Å². The van der Waals surface area contributed by atoms with Crippen LogP contribution < -0.4 is 0 Å². The summed E-state index contributed by atoms with van der Waals surface area (Å²) in [6.45, 7) is 3.98. The molecular formula is C11H23NO2. The molecule has 1 N–H and O–H groups in total. The Bertz CT molecular complexity index is 146. The molecule has 0 saturated heterocycles. The Balaban J connectivity index is 2.43. The van der Waals surface area contributed by atoms with Crippen LogP contribution in [0.15, 0.2) is 0 Å². The third-order valence-electron chi connectivity index (χ3n) is 3.13. The van der Waals surface area contributed by atoms with E-state index >= 15 is 0 Å². The third kappa shape index (κ3) is 3.23. The Morgan fingerprint density at radius 2 is 2.07 bits per heavy atom. The molecule has 0 radical (unpaired) electrons. The molecule has 0 heterocycles. The van der Waals surface area contributed by atoms with Crippen LogP contribution in [0.4, 0.5) is 0 Å². The fraction of sp³-hybridized carbons (Fsp3) is 1.00. The summed E-state index contributed by atoms with van der Waals surface area (Å²) in [6.07, 6.45) is 5.25. The highest BCUT2D eigenvalue weighted by Gasteiger charge is 2.25. The summed E-state index contributed by atoms with van der Waals surface area (Å²) in [6, 6.07) is 1.10. The lowest BCUT2D eigenvalue weighted by Gasteiger charge is -2.33. The average molecular weight is 201 g/mol. The van der Waals surface area contributed by atoms with Crippen LogP contribution in [0, 0.1) is 0 Å². The minimum atomic E-state index is 0.255. The normalized spacial score (nSPS) is 20.6. The Kier molecular flexibility index (Phi) is 5.45. The second-order valence-electron chi connectivity index (χ2n) is 4.20. The fourth-order valence-electron chi connectivity index (χ4n) is 2.45. The molecule has 3 heteroatoms. The van der Waals surface area contributed by atoms with E-state index in [-0.39, 0.29) is 6.61 Å². The van der Waals surface area contributed by atoms with Crippen LogP contribution in [0.25, 0.3) is 0 Å². The lowest BCUT2D eigenvalue weighted by atomic mass is 10.1. The molecule has 14 heavy (non-hydrogen) atoms. The minimum Gasteiger partial charge on any atom is -0.395 e. The van der Waals surface area contributed by atoms with Crippen LogP contribution in [0.2, 0.25) is 0 Å². The summed E-state index contributed by atoms with van der Waals surface area (Å²) in [5.41, 5.74) is 0. The Morgan fingerprint density at radius 3 is 2.57 bits per heavy atom. The predicted molar refractivity (Wildman–Crippen MR) is 57.4 cm³/mol. The van der Waals surface area contributed by atoms with Gasteiger partial charge in [0.1, 0.15) is 0 Å². The molecule has 0 aromatic heterocycles. The van der Waals surface area contributed by atoms with Crippen molar-refractivity contribution in [3.8, 4) is 0 Å². The van der Waals surface area contributed by atoms with Gasteiger partial charge in [0.05, 0.1) is 13.2 Å². The summed E-state index contributed by atoms with van der Waals surface area (Å²) in [7, 11) is 1.74. The van der Waals surface area contributed by atoms with Crippen molar-refractivity contribution in [3.63, 3.8) is 0 Å². The zero-order chi connectivity index (χ0) is 10.4. The highest BCUT2D eigenvalue weighted by atomic mass is 16.5. The van der Waals surface area contributed by atoms with Gasteiger partial charge in [0.25, 0.3) is 0 Å². The molecule has 1 aliphatic carbocycles. The first-order chi connectivity index (χ1) is 6.79. The highest BCUT2D eigenvalue weighted by Crippen LogP contribution is 2.24. The van der Waals surface area contributed by atoms with Gasteiger partial charge in [0, 0.05) is 25.7 Å². The molecule has 1 saturated carbocycles. The lowest BCUT2D eigenvalue weighted by Crippen LogP contribution is -2.44. The fourth-order valence-corrected chi connectivity index (χ4v) is 2.45. The summed E-state index contributed by atoms with van der Waals surface area (Å²) < 4.78 is 5.17. The highest BCUT2D eigenvalue weighted by molar-refractivity contribution is 4.80. The molecule has 1 unspecified atom stereocenters. The molecule has 3 nitrogen and oxygen atoms in total. The van der Waals surface area contributed by atoms with E-state index in [4.69, 9.17) is 9.84 Å². The van der Waals surface area contributed by atoms with Gasteiger partial charge in [-0.05, 0) is 19.8 Å². The Labute approximate surface area is 87.1 Å². The molecule has 0 spiro atoms. The van der Waals surface area contributed by atoms with Gasteiger partial charge in [-0.25, -0.2) is 0 Å². The van der Waals surface area contributed by atoms with Crippen molar-refractivity contribution < 1.29 is 9.84 Å². The van der Waals surface area contributed by atoms with Crippen molar-refractivity contribution in [1.82, 2.24) is 4.90 Å². The molecule has 1 fully saturated rings. The second kappa shape index (κ2) is 6.38. The molecule has 0 aliphatic heterocycles. The van der Waals surface area contributed by atoms with Gasteiger partial charge in [0.15, 0.2) is 0 Å². The van der Waals surface area contributed by atoms with Crippen molar-refractivity contribution in [2.45, 2.75) is 44.7 Å². The van der Waals surface area contributed by atoms with Crippen LogP contribution in [0.1, 0.15) is 32.6 Å². The maximum Gasteiger partial charge on any atom is 0.0615 e. The van der Waals surface area contributed by atoms with E-state index in [1.807, 2.05) is 0 Å². The van der Waals surface area contributed by atoms with Crippen LogP contribution >= 0.6 is 0 Å².